The molecule has 0 saturated carbocycles. The number of allylic oxidation sites excluding steroid dienone is 5. The number of terminal acetylenes is 1. The van der Waals surface area contributed by atoms with Crippen LogP contribution in [0, 0.1) is 12.3 Å². The highest BCUT2D eigenvalue weighted by atomic mass is 15.3. The molecule has 0 aromatic carbocycles. The second-order valence-corrected chi connectivity index (χ2v) is 3.23. The van der Waals surface area contributed by atoms with Gasteiger partial charge in [-0.1, -0.05) is 5.92 Å². The predicted octanol–water partition coefficient (Wildman–Crippen LogP) is 1.60. The largest absolute Gasteiger partial charge is 0.278 e. The van der Waals surface area contributed by atoms with Gasteiger partial charge < -0.3 is 0 Å². The Labute approximate surface area is 87.5 Å². The maximum Gasteiger partial charge on any atom is 0.234 e. The summed E-state index contributed by atoms with van der Waals surface area (Å²) in [6.45, 7) is 0. The van der Waals surface area contributed by atoms with Crippen molar-refractivity contribution in [2.24, 2.45) is 9.98 Å². The van der Waals surface area contributed by atoms with Crippen molar-refractivity contribution in [3.8, 4) is 12.3 Å². The summed E-state index contributed by atoms with van der Waals surface area (Å²) in [7, 11) is 0. The van der Waals surface area contributed by atoms with Crippen molar-refractivity contribution in [1.29, 1.82) is 0 Å². The summed E-state index contributed by atoms with van der Waals surface area (Å²) in [6, 6.07) is 0. The van der Waals surface area contributed by atoms with Gasteiger partial charge in [-0.25, -0.2) is 9.98 Å². The molecule has 3 rings (SSSR count). The Balaban J connectivity index is 2.24. The van der Waals surface area contributed by atoms with Gasteiger partial charge in [0.1, 0.15) is 0 Å². The summed E-state index contributed by atoms with van der Waals surface area (Å²) in [5.74, 6) is 3.33. The average molecular weight is 193 g/mol. The van der Waals surface area contributed by atoms with Crippen LogP contribution in [-0.2, 0) is 0 Å². The van der Waals surface area contributed by atoms with Crippen LogP contribution >= 0.6 is 0 Å². The lowest BCUT2D eigenvalue weighted by atomic mass is 10.0. The van der Waals surface area contributed by atoms with E-state index in [4.69, 9.17) is 6.42 Å². The summed E-state index contributed by atoms with van der Waals surface area (Å²) in [5, 5.41) is 0. The van der Waals surface area contributed by atoms with E-state index in [1.54, 1.807) is 12.4 Å². The van der Waals surface area contributed by atoms with Gasteiger partial charge in [0.25, 0.3) is 0 Å². The molecule has 3 heteroatoms. The Kier molecular flexibility index (Phi) is 1.51. The van der Waals surface area contributed by atoms with Crippen LogP contribution in [0.15, 0.2) is 57.5 Å². The van der Waals surface area contributed by atoms with Crippen LogP contribution in [-0.4, -0.2) is 17.1 Å². The molecule has 0 aliphatic carbocycles. The van der Waals surface area contributed by atoms with E-state index in [9.17, 15) is 0 Å². The number of hydrogen-bond acceptors (Lipinski definition) is 3. The molecule has 3 aliphatic heterocycles. The van der Waals surface area contributed by atoms with Gasteiger partial charge in [0, 0.05) is 18.0 Å². The summed E-state index contributed by atoms with van der Waals surface area (Å²) < 4.78 is 0. The first kappa shape index (κ1) is 8.01. The molecule has 3 aliphatic rings. The van der Waals surface area contributed by atoms with E-state index in [1.165, 1.54) is 0 Å². The lowest BCUT2D eigenvalue weighted by Gasteiger charge is -2.32. The van der Waals surface area contributed by atoms with E-state index in [0.717, 1.165) is 17.0 Å². The molecule has 0 amide bonds. The first-order chi connectivity index (χ1) is 7.40. The molecule has 0 N–H and O–H groups in total. The molecule has 0 radical (unpaired) electrons. The Bertz CT molecular complexity index is 548. The van der Waals surface area contributed by atoms with Crippen LogP contribution < -0.4 is 0 Å². The topological polar surface area (TPSA) is 28.0 Å². The van der Waals surface area contributed by atoms with Crippen LogP contribution in [0.1, 0.15) is 0 Å². The van der Waals surface area contributed by atoms with Crippen molar-refractivity contribution in [1.82, 2.24) is 4.90 Å². The van der Waals surface area contributed by atoms with Crippen molar-refractivity contribution < 1.29 is 0 Å². The monoisotopic (exact) mass is 193 g/mol. The van der Waals surface area contributed by atoms with Gasteiger partial charge in [0.05, 0.1) is 11.4 Å². The molecule has 0 atom stereocenters. The highest BCUT2D eigenvalue weighted by Gasteiger charge is 2.26. The summed E-state index contributed by atoms with van der Waals surface area (Å²) in [4.78, 5) is 10.3. The Morgan fingerprint density at radius 2 is 2.20 bits per heavy atom. The van der Waals surface area contributed by atoms with Crippen LogP contribution in [0.25, 0.3) is 0 Å². The van der Waals surface area contributed by atoms with E-state index in [-0.39, 0.29) is 0 Å². The van der Waals surface area contributed by atoms with E-state index in [1.807, 2.05) is 29.2 Å². The fourth-order valence-electron chi connectivity index (χ4n) is 1.73. The highest BCUT2D eigenvalue weighted by Crippen LogP contribution is 2.29. The quantitative estimate of drug-likeness (QED) is 0.537. The van der Waals surface area contributed by atoms with Crippen molar-refractivity contribution >= 4 is 12.2 Å². The molecule has 3 heterocycles. The van der Waals surface area contributed by atoms with Crippen molar-refractivity contribution in [3.05, 3.63) is 47.5 Å². The fourth-order valence-corrected chi connectivity index (χ4v) is 1.73. The summed E-state index contributed by atoms with van der Waals surface area (Å²) in [6.07, 6.45) is 16.6. The molecule has 70 valence electrons. The Hall–Kier alpha value is -2.34. The predicted molar refractivity (Wildman–Crippen MR) is 60.0 cm³/mol. The van der Waals surface area contributed by atoms with Gasteiger partial charge in [-0.15, -0.1) is 6.42 Å². The number of nitrogens with zero attached hydrogens (tertiary/aromatic N) is 3. The Morgan fingerprint density at radius 1 is 1.27 bits per heavy atom. The zero-order chi connectivity index (χ0) is 10.3. The zero-order valence-electron chi connectivity index (χ0n) is 7.88. The van der Waals surface area contributed by atoms with E-state index >= 15 is 0 Å². The first-order valence-electron chi connectivity index (χ1n) is 4.58. The molecule has 0 aromatic heterocycles. The minimum Gasteiger partial charge on any atom is -0.278 e. The van der Waals surface area contributed by atoms with Gasteiger partial charge in [-0.05, 0) is 24.3 Å². The van der Waals surface area contributed by atoms with Crippen LogP contribution in [0.3, 0.4) is 0 Å². The van der Waals surface area contributed by atoms with E-state index in [2.05, 4.69) is 15.9 Å². The second kappa shape index (κ2) is 2.82. The summed E-state index contributed by atoms with van der Waals surface area (Å²) >= 11 is 0. The van der Waals surface area contributed by atoms with Crippen LogP contribution in [0.4, 0.5) is 0 Å². The van der Waals surface area contributed by atoms with Crippen LogP contribution in [0.5, 0.6) is 0 Å². The van der Waals surface area contributed by atoms with Gasteiger partial charge in [0.2, 0.25) is 5.96 Å². The number of guanidine groups is 1. The van der Waals surface area contributed by atoms with E-state index < -0.39 is 0 Å². The maximum absolute atomic E-state index is 5.44. The standard InChI is InChI=1S/C12H7N3/c1-2-9-3-4-10-5-7-13-12-14-8-6-11(9)15(10)12/h1,3-8H. The molecular formula is C12H7N3. The third-order valence-electron chi connectivity index (χ3n) is 2.41. The molecule has 0 bridgehead atoms. The first-order valence-corrected chi connectivity index (χ1v) is 4.58. The third kappa shape index (κ3) is 1.02. The number of rotatable bonds is 0. The van der Waals surface area contributed by atoms with Gasteiger partial charge in [-0.3, -0.25) is 4.90 Å². The van der Waals surface area contributed by atoms with Crippen molar-refractivity contribution in [2.45, 2.75) is 0 Å². The van der Waals surface area contributed by atoms with E-state index in [0.29, 0.717) is 5.96 Å². The smallest absolute Gasteiger partial charge is 0.234 e. The van der Waals surface area contributed by atoms with Crippen molar-refractivity contribution in [3.63, 3.8) is 0 Å². The molecule has 3 nitrogen and oxygen atoms in total. The van der Waals surface area contributed by atoms with Gasteiger partial charge >= 0.3 is 0 Å². The number of hydrogen-bond donors (Lipinski definition) is 0. The third-order valence-corrected chi connectivity index (χ3v) is 2.41. The Morgan fingerprint density at radius 3 is 3.07 bits per heavy atom. The SMILES string of the molecule is C#CC1=CC=C2C=CN=C3N=CC=C1N23. The normalized spacial score (nSPS) is 20.9. The summed E-state index contributed by atoms with van der Waals surface area (Å²) in [5.41, 5.74) is 2.86. The minimum absolute atomic E-state index is 0.669. The maximum atomic E-state index is 5.44. The lowest BCUT2D eigenvalue weighted by Crippen LogP contribution is -2.33. The number of aliphatic imine (C=N–C) groups is 2. The lowest BCUT2D eigenvalue weighted by molar-refractivity contribution is 0.640. The molecule has 0 saturated heterocycles. The highest BCUT2D eigenvalue weighted by molar-refractivity contribution is 5.99. The molecule has 0 unspecified atom stereocenters. The molecule has 15 heavy (non-hydrogen) atoms. The second-order valence-electron chi connectivity index (χ2n) is 3.23. The zero-order valence-corrected chi connectivity index (χ0v) is 7.88. The van der Waals surface area contributed by atoms with Crippen molar-refractivity contribution in [2.75, 3.05) is 0 Å². The van der Waals surface area contributed by atoms with Gasteiger partial charge in [0.15, 0.2) is 0 Å². The molecule has 0 spiro atoms. The fraction of sp³-hybridized carbons (Fsp3) is 0. The average Bonchev–Trinajstić information content (AvgIpc) is 2.30. The molecule has 0 aromatic rings. The van der Waals surface area contributed by atoms with Crippen LogP contribution in [0.2, 0.25) is 0 Å². The minimum atomic E-state index is 0.669. The van der Waals surface area contributed by atoms with Gasteiger partial charge in [-0.2, -0.15) is 0 Å². The molecule has 0 fully saturated rings. The molecular weight excluding hydrogens is 186 g/mol.